The van der Waals surface area contributed by atoms with E-state index >= 15 is 0 Å². The van der Waals surface area contributed by atoms with Crippen LogP contribution in [0.4, 0.5) is 13.2 Å². The summed E-state index contributed by atoms with van der Waals surface area (Å²) < 4.78 is 31.7. The van der Waals surface area contributed by atoms with E-state index in [0.29, 0.717) is 11.9 Å². The molecule has 2 fully saturated rings. The van der Waals surface area contributed by atoms with Crippen molar-refractivity contribution in [3.8, 4) is 0 Å². The number of carbonyl (C=O) groups is 2. The lowest BCUT2D eigenvalue weighted by Crippen LogP contribution is -2.68. The van der Waals surface area contributed by atoms with Crippen LogP contribution < -0.4 is 0 Å². The van der Waals surface area contributed by atoms with Crippen LogP contribution in [0.15, 0.2) is 5.38 Å². The molecule has 7 nitrogen and oxygen atoms in total. The molecule has 2 saturated heterocycles. The monoisotopic (exact) mass is 450 g/mol. The number of piperidine rings is 1. The Morgan fingerprint density at radius 3 is 2.27 bits per heavy atom. The maximum absolute atomic E-state index is 13.0. The number of aromatic nitrogens is 1. The van der Waals surface area contributed by atoms with E-state index in [9.17, 15) is 18.0 Å². The molecule has 1 spiro atoms. The quantitative estimate of drug-likeness (QED) is 0.763. The summed E-state index contributed by atoms with van der Waals surface area (Å²) in [6.07, 6.45) is -3.23. The molecule has 30 heavy (non-hydrogen) atoms. The fraction of sp³-hybridized carbons (Fsp3) is 0.737. The Kier molecular flexibility index (Phi) is 7.86. The largest absolute Gasteiger partial charge is 0.490 e. The van der Waals surface area contributed by atoms with Crippen LogP contribution in [0.5, 0.6) is 0 Å². The number of thiazole rings is 1. The van der Waals surface area contributed by atoms with Crippen molar-refractivity contribution in [3.05, 3.63) is 16.1 Å². The second-order valence-electron chi connectivity index (χ2n) is 7.97. The first kappa shape index (κ1) is 24.5. The summed E-state index contributed by atoms with van der Waals surface area (Å²) in [5.74, 6) is -2.45. The third-order valence-electron chi connectivity index (χ3n) is 5.67. The van der Waals surface area contributed by atoms with Gasteiger partial charge < -0.3 is 14.9 Å². The highest BCUT2D eigenvalue weighted by Crippen LogP contribution is 2.35. The van der Waals surface area contributed by atoms with Gasteiger partial charge in [0.25, 0.3) is 0 Å². The van der Waals surface area contributed by atoms with Gasteiger partial charge in [-0.15, -0.1) is 11.3 Å². The SMILES string of the molecule is Cc1nc(CN2CCN(C)C(=O)C23CCN(C(C)C)CC3)cs1.O=C(O)C(F)(F)F. The average Bonchev–Trinajstić information content (AvgIpc) is 3.07. The van der Waals surface area contributed by atoms with Crippen molar-refractivity contribution in [2.75, 3.05) is 33.2 Å². The molecule has 1 aromatic heterocycles. The Morgan fingerprint density at radius 2 is 1.83 bits per heavy atom. The van der Waals surface area contributed by atoms with Gasteiger partial charge in [-0.25, -0.2) is 9.78 Å². The maximum Gasteiger partial charge on any atom is 0.490 e. The minimum absolute atomic E-state index is 0.305. The second kappa shape index (κ2) is 9.61. The van der Waals surface area contributed by atoms with Gasteiger partial charge in [-0.05, 0) is 33.6 Å². The number of halogens is 3. The van der Waals surface area contributed by atoms with Gasteiger partial charge in [-0.1, -0.05) is 0 Å². The van der Waals surface area contributed by atoms with E-state index in [2.05, 4.69) is 34.0 Å². The van der Waals surface area contributed by atoms with E-state index in [-0.39, 0.29) is 5.54 Å². The number of amides is 1. The molecule has 0 radical (unpaired) electrons. The molecule has 2 aliphatic rings. The number of likely N-dealkylation sites (tertiary alicyclic amines) is 1. The van der Waals surface area contributed by atoms with E-state index in [1.165, 1.54) is 0 Å². The molecule has 1 N–H and O–H groups in total. The van der Waals surface area contributed by atoms with Gasteiger partial charge in [0.2, 0.25) is 5.91 Å². The topological polar surface area (TPSA) is 77.0 Å². The lowest BCUT2D eigenvalue weighted by Gasteiger charge is -2.52. The highest BCUT2D eigenvalue weighted by Gasteiger charge is 2.50. The van der Waals surface area contributed by atoms with Crippen molar-refractivity contribution in [3.63, 3.8) is 0 Å². The second-order valence-corrected chi connectivity index (χ2v) is 9.03. The summed E-state index contributed by atoms with van der Waals surface area (Å²) in [4.78, 5) is 33.4. The predicted octanol–water partition coefficient (Wildman–Crippen LogP) is 2.60. The van der Waals surface area contributed by atoms with Crippen molar-refractivity contribution in [2.24, 2.45) is 0 Å². The molecule has 0 aliphatic carbocycles. The van der Waals surface area contributed by atoms with Gasteiger partial charge in [0.05, 0.1) is 10.7 Å². The molecule has 0 atom stereocenters. The number of alkyl halides is 3. The number of aliphatic carboxylic acids is 1. The van der Waals surface area contributed by atoms with Gasteiger partial charge in [0.1, 0.15) is 5.54 Å². The van der Waals surface area contributed by atoms with Crippen LogP contribution in [0.3, 0.4) is 0 Å². The number of carboxylic acids is 1. The first-order chi connectivity index (χ1) is 13.9. The highest BCUT2D eigenvalue weighted by molar-refractivity contribution is 7.09. The Hall–Kier alpha value is -1.72. The minimum Gasteiger partial charge on any atom is -0.475 e. The van der Waals surface area contributed by atoms with Crippen molar-refractivity contribution in [2.45, 2.75) is 57.9 Å². The fourth-order valence-electron chi connectivity index (χ4n) is 3.92. The molecule has 0 aromatic carbocycles. The number of hydrogen-bond acceptors (Lipinski definition) is 6. The fourth-order valence-corrected chi connectivity index (χ4v) is 4.53. The molecule has 3 rings (SSSR count). The summed E-state index contributed by atoms with van der Waals surface area (Å²) in [7, 11) is 1.95. The Bertz CT molecular complexity index is 746. The average molecular weight is 451 g/mol. The van der Waals surface area contributed by atoms with Crippen LogP contribution in [-0.4, -0.2) is 87.7 Å². The van der Waals surface area contributed by atoms with Crippen molar-refractivity contribution in [1.29, 1.82) is 0 Å². The number of carboxylic acid groups (broad SMARTS) is 1. The van der Waals surface area contributed by atoms with Crippen molar-refractivity contribution < 1.29 is 27.9 Å². The van der Waals surface area contributed by atoms with E-state index in [1.807, 2.05) is 18.9 Å². The Labute approximate surface area is 178 Å². The number of piperazine rings is 1. The molecule has 1 aromatic rings. The van der Waals surface area contributed by atoms with Crippen LogP contribution in [0.1, 0.15) is 37.4 Å². The number of carbonyl (C=O) groups excluding carboxylic acids is 1. The summed E-state index contributed by atoms with van der Waals surface area (Å²) in [6, 6.07) is 0.554. The molecule has 170 valence electrons. The molecular weight excluding hydrogens is 421 g/mol. The first-order valence-electron chi connectivity index (χ1n) is 9.82. The lowest BCUT2D eigenvalue weighted by molar-refractivity contribution is -0.192. The molecule has 0 saturated carbocycles. The number of likely N-dealkylation sites (N-methyl/N-ethyl adjacent to an activating group) is 1. The number of hydrogen-bond donors (Lipinski definition) is 1. The number of aryl methyl sites for hydroxylation is 1. The van der Waals surface area contributed by atoms with Crippen LogP contribution in [0.25, 0.3) is 0 Å². The Morgan fingerprint density at radius 1 is 1.27 bits per heavy atom. The molecule has 3 heterocycles. The number of nitrogens with zero attached hydrogens (tertiary/aromatic N) is 4. The van der Waals surface area contributed by atoms with Crippen LogP contribution in [-0.2, 0) is 16.1 Å². The zero-order chi connectivity index (χ0) is 22.7. The van der Waals surface area contributed by atoms with Crippen LogP contribution in [0, 0.1) is 6.92 Å². The molecule has 0 unspecified atom stereocenters. The molecule has 1 amide bonds. The van der Waals surface area contributed by atoms with Gasteiger partial charge in [-0.3, -0.25) is 9.69 Å². The van der Waals surface area contributed by atoms with Gasteiger partial charge >= 0.3 is 12.1 Å². The van der Waals surface area contributed by atoms with Gasteiger partial charge in [0.15, 0.2) is 0 Å². The summed E-state index contributed by atoms with van der Waals surface area (Å²) in [6.45, 7) is 11.1. The van der Waals surface area contributed by atoms with E-state index in [0.717, 1.165) is 56.3 Å². The highest BCUT2D eigenvalue weighted by atomic mass is 32.1. The van der Waals surface area contributed by atoms with Crippen molar-refractivity contribution >= 4 is 23.2 Å². The molecule has 2 aliphatic heterocycles. The molecule has 11 heteroatoms. The van der Waals surface area contributed by atoms with E-state index in [4.69, 9.17) is 9.90 Å². The van der Waals surface area contributed by atoms with Crippen molar-refractivity contribution in [1.82, 2.24) is 19.7 Å². The lowest BCUT2D eigenvalue weighted by atomic mass is 9.82. The normalized spacial score (nSPS) is 20.4. The zero-order valence-electron chi connectivity index (χ0n) is 17.7. The third-order valence-corrected chi connectivity index (χ3v) is 6.50. The van der Waals surface area contributed by atoms with Gasteiger partial charge in [0, 0.05) is 51.2 Å². The minimum atomic E-state index is -5.08. The smallest absolute Gasteiger partial charge is 0.475 e. The molecular formula is C19H29F3N4O3S. The predicted molar refractivity (Wildman–Crippen MR) is 107 cm³/mol. The summed E-state index contributed by atoms with van der Waals surface area (Å²) >= 11 is 1.69. The van der Waals surface area contributed by atoms with E-state index < -0.39 is 12.1 Å². The van der Waals surface area contributed by atoms with Gasteiger partial charge in [-0.2, -0.15) is 13.2 Å². The summed E-state index contributed by atoms with van der Waals surface area (Å²) in [5.41, 5.74) is 0.783. The van der Waals surface area contributed by atoms with Crippen LogP contribution >= 0.6 is 11.3 Å². The standard InChI is InChI=1S/C17H28N4OS.C2HF3O2/c1-13(2)20-7-5-17(6-8-20)16(22)19(4)9-10-21(17)11-15-12-23-14(3)18-15;3-2(4,5)1(6)7/h12-13H,5-11H2,1-4H3;(H,6,7). The molecule has 0 bridgehead atoms. The number of rotatable bonds is 3. The van der Waals surface area contributed by atoms with E-state index in [1.54, 1.807) is 11.3 Å². The Balaban J connectivity index is 0.000000396. The first-order valence-corrected chi connectivity index (χ1v) is 10.7. The summed E-state index contributed by atoms with van der Waals surface area (Å²) in [5, 5.41) is 10.4. The van der Waals surface area contributed by atoms with Crippen LogP contribution in [0.2, 0.25) is 0 Å². The maximum atomic E-state index is 13.0. The zero-order valence-corrected chi connectivity index (χ0v) is 18.5. The third kappa shape index (κ3) is 5.70.